The van der Waals surface area contributed by atoms with Crippen molar-refractivity contribution >= 4 is 11.9 Å². The number of esters is 1. The number of nitrogens with zero attached hydrogens (tertiary/aromatic N) is 1. The number of halogens is 3. The van der Waals surface area contributed by atoms with E-state index in [0.717, 1.165) is 12.1 Å². The summed E-state index contributed by atoms with van der Waals surface area (Å²) in [7, 11) is 0. The number of benzene rings is 2. The standard InChI is InChI=1S/C32H37F3N2O10/c33-32(34,35)22-9-7-10-24(16-22)45-20-23(38)14-15-26-25(27(39)17-28(26)40)11-3-1-2-4-13-30(41)36-18-31(42)47-29-12-6-5-8-21(29)19-46-37(43)44/h1,3,5-10,12,14-16,23,25-28,38-40H,2,4,11,13,17-20H2,(H,36,41)/b3-1-,15-14+/t23-,25-,26-,27+,28-/m1/s1. The minimum Gasteiger partial charge on any atom is -0.491 e. The first-order valence-corrected chi connectivity index (χ1v) is 14.8. The molecule has 1 aliphatic rings. The quantitative estimate of drug-likeness (QED) is 0.0484. The lowest BCUT2D eigenvalue weighted by molar-refractivity contribution is -0.763. The smallest absolute Gasteiger partial charge is 0.416 e. The van der Waals surface area contributed by atoms with Crippen molar-refractivity contribution in [3.05, 3.63) is 94.1 Å². The van der Waals surface area contributed by atoms with E-state index >= 15 is 0 Å². The molecule has 15 heteroatoms. The van der Waals surface area contributed by atoms with E-state index in [1.54, 1.807) is 18.2 Å². The summed E-state index contributed by atoms with van der Waals surface area (Å²) in [6.07, 6.45) is 0.974. The largest absolute Gasteiger partial charge is 0.491 e. The van der Waals surface area contributed by atoms with Crippen LogP contribution in [0.25, 0.3) is 0 Å². The molecule has 4 N–H and O–H groups in total. The molecule has 2 aromatic carbocycles. The molecule has 3 rings (SSSR count). The van der Waals surface area contributed by atoms with Crippen LogP contribution in [0, 0.1) is 22.0 Å². The van der Waals surface area contributed by atoms with Gasteiger partial charge in [-0.3, -0.25) is 4.79 Å². The van der Waals surface area contributed by atoms with Gasteiger partial charge in [0.25, 0.3) is 5.09 Å². The highest BCUT2D eigenvalue weighted by Crippen LogP contribution is 2.36. The number of aliphatic hydroxyl groups is 3. The fourth-order valence-electron chi connectivity index (χ4n) is 4.98. The van der Waals surface area contributed by atoms with Crippen molar-refractivity contribution in [1.29, 1.82) is 0 Å². The van der Waals surface area contributed by atoms with Crippen molar-refractivity contribution in [2.75, 3.05) is 13.2 Å². The van der Waals surface area contributed by atoms with Crippen molar-refractivity contribution in [1.82, 2.24) is 5.32 Å². The number of hydrogen-bond acceptors (Lipinski definition) is 10. The van der Waals surface area contributed by atoms with Crippen molar-refractivity contribution in [2.24, 2.45) is 11.8 Å². The maximum absolute atomic E-state index is 12.9. The minimum atomic E-state index is -4.52. The lowest BCUT2D eigenvalue weighted by Gasteiger charge is -2.19. The van der Waals surface area contributed by atoms with Crippen molar-refractivity contribution in [2.45, 2.75) is 63.2 Å². The third-order valence-electron chi connectivity index (χ3n) is 7.35. The van der Waals surface area contributed by atoms with Crippen LogP contribution >= 0.6 is 0 Å². The van der Waals surface area contributed by atoms with Crippen LogP contribution in [0.3, 0.4) is 0 Å². The van der Waals surface area contributed by atoms with Gasteiger partial charge in [-0.15, -0.1) is 10.1 Å². The summed E-state index contributed by atoms with van der Waals surface area (Å²) in [5.41, 5.74) is -0.581. The van der Waals surface area contributed by atoms with Crippen LogP contribution in [0.4, 0.5) is 13.2 Å². The molecule has 0 bridgehead atoms. The van der Waals surface area contributed by atoms with E-state index in [0.29, 0.717) is 19.3 Å². The Morgan fingerprint density at radius 2 is 1.87 bits per heavy atom. The van der Waals surface area contributed by atoms with Gasteiger partial charge in [-0.2, -0.15) is 13.2 Å². The molecule has 0 unspecified atom stereocenters. The number of ether oxygens (including phenoxy) is 2. The summed E-state index contributed by atoms with van der Waals surface area (Å²) < 4.78 is 49.1. The zero-order chi connectivity index (χ0) is 34.4. The third kappa shape index (κ3) is 12.7. The average Bonchev–Trinajstić information content (AvgIpc) is 3.29. The fraction of sp³-hybridized carbons (Fsp3) is 0.438. The molecule has 0 saturated heterocycles. The highest BCUT2D eigenvalue weighted by atomic mass is 19.4. The molecule has 2 aromatic rings. The molecule has 0 aliphatic heterocycles. The molecule has 1 fully saturated rings. The van der Waals surface area contributed by atoms with Crippen LogP contribution in [0.1, 0.15) is 43.2 Å². The number of aliphatic hydroxyl groups excluding tert-OH is 3. The lowest BCUT2D eigenvalue weighted by Crippen LogP contribution is -2.31. The number of carbonyl (C=O) groups excluding carboxylic acids is 2. The lowest BCUT2D eigenvalue weighted by atomic mass is 9.89. The molecule has 0 radical (unpaired) electrons. The number of unbranched alkanes of at least 4 members (excludes halogenated alkanes) is 1. The van der Waals surface area contributed by atoms with Crippen LogP contribution in [0.5, 0.6) is 11.5 Å². The van der Waals surface area contributed by atoms with Gasteiger partial charge in [0, 0.05) is 24.3 Å². The minimum absolute atomic E-state index is 0.0481. The van der Waals surface area contributed by atoms with Crippen LogP contribution in [-0.4, -0.2) is 63.7 Å². The van der Waals surface area contributed by atoms with Gasteiger partial charge in [-0.05, 0) is 49.4 Å². The van der Waals surface area contributed by atoms with Gasteiger partial charge in [-0.25, -0.2) is 4.79 Å². The van der Waals surface area contributed by atoms with Crippen LogP contribution in [0.15, 0.2) is 72.8 Å². The Morgan fingerprint density at radius 3 is 2.62 bits per heavy atom. The van der Waals surface area contributed by atoms with E-state index in [-0.39, 0.29) is 48.3 Å². The highest BCUT2D eigenvalue weighted by molar-refractivity contribution is 5.82. The summed E-state index contributed by atoms with van der Waals surface area (Å²) in [6.45, 7) is -1.11. The maximum atomic E-state index is 12.9. The molecular formula is C32H37F3N2O10. The van der Waals surface area contributed by atoms with E-state index in [1.807, 2.05) is 12.2 Å². The number of allylic oxidation sites excluding steroid dienone is 2. The molecule has 12 nitrogen and oxygen atoms in total. The molecule has 0 spiro atoms. The SMILES string of the molecule is O=C(CCC/C=C\C[C@@H]1[C@@H](/C=C/[C@@H](O)COc2cccc(C(F)(F)F)c2)[C@H](O)C[C@@H]1O)NCC(=O)Oc1ccccc1CO[N+](=O)[O-]. The average molecular weight is 667 g/mol. The second-order valence-corrected chi connectivity index (χ2v) is 10.9. The molecule has 47 heavy (non-hydrogen) atoms. The highest BCUT2D eigenvalue weighted by Gasteiger charge is 2.39. The van der Waals surface area contributed by atoms with Crippen molar-refractivity contribution < 1.29 is 57.5 Å². The van der Waals surface area contributed by atoms with E-state index in [1.165, 1.54) is 30.3 Å². The van der Waals surface area contributed by atoms with Gasteiger partial charge < -0.3 is 34.9 Å². The van der Waals surface area contributed by atoms with Gasteiger partial charge in [0.1, 0.15) is 37.4 Å². The summed E-state index contributed by atoms with van der Waals surface area (Å²) in [5, 5.41) is 43.0. The molecule has 1 saturated carbocycles. The van der Waals surface area contributed by atoms with Crippen molar-refractivity contribution in [3.8, 4) is 11.5 Å². The van der Waals surface area contributed by atoms with Crippen LogP contribution < -0.4 is 14.8 Å². The number of nitrogens with one attached hydrogen (secondary N) is 1. The Kier molecular flexibility index (Phi) is 14.2. The molecule has 5 atom stereocenters. The second kappa shape index (κ2) is 18.0. The van der Waals surface area contributed by atoms with Gasteiger partial charge in [0.05, 0.1) is 17.8 Å². The zero-order valence-electron chi connectivity index (χ0n) is 25.3. The van der Waals surface area contributed by atoms with Gasteiger partial charge in [0.15, 0.2) is 0 Å². The van der Waals surface area contributed by atoms with E-state index in [9.17, 15) is 48.2 Å². The monoisotopic (exact) mass is 666 g/mol. The van der Waals surface area contributed by atoms with Crippen LogP contribution in [0.2, 0.25) is 0 Å². The summed E-state index contributed by atoms with van der Waals surface area (Å²) >= 11 is 0. The number of alkyl halides is 3. The first-order chi connectivity index (χ1) is 22.3. The summed E-state index contributed by atoms with van der Waals surface area (Å²) in [4.78, 5) is 39.0. The Morgan fingerprint density at radius 1 is 1.11 bits per heavy atom. The number of carbonyl (C=O) groups is 2. The molecule has 1 aliphatic carbocycles. The molecule has 256 valence electrons. The summed E-state index contributed by atoms with van der Waals surface area (Å²) in [6, 6.07) is 10.4. The maximum Gasteiger partial charge on any atom is 0.416 e. The van der Waals surface area contributed by atoms with E-state index in [2.05, 4.69) is 10.2 Å². The van der Waals surface area contributed by atoms with Crippen molar-refractivity contribution in [3.63, 3.8) is 0 Å². The third-order valence-corrected chi connectivity index (χ3v) is 7.35. The van der Waals surface area contributed by atoms with Gasteiger partial charge in [0.2, 0.25) is 5.91 Å². The Balaban J connectivity index is 1.37. The van der Waals surface area contributed by atoms with E-state index < -0.39 is 60.2 Å². The first-order valence-electron chi connectivity index (χ1n) is 14.8. The zero-order valence-corrected chi connectivity index (χ0v) is 25.3. The Labute approximate surface area is 268 Å². The second-order valence-electron chi connectivity index (χ2n) is 10.9. The van der Waals surface area contributed by atoms with Gasteiger partial charge >= 0.3 is 12.1 Å². The fourth-order valence-corrected chi connectivity index (χ4v) is 4.98. The predicted molar refractivity (Wildman–Crippen MR) is 160 cm³/mol. The number of amides is 1. The Hall–Kier alpha value is -4.47. The number of hydrogen-bond donors (Lipinski definition) is 4. The molecule has 1 amide bonds. The topological polar surface area (TPSA) is 178 Å². The van der Waals surface area contributed by atoms with Gasteiger partial charge in [-0.1, -0.05) is 48.6 Å². The summed E-state index contributed by atoms with van der Waals surface area (Å²) in [5.74, 6) is -1.93. The first kappa shape index (κ1) is 37.0. The number of rotatable bonds is 17. The molecule has 0 aromatic heterocycles. The normalized spacial score (nSPS) is 20.3. The number of para-hydroxylation sites is 1. The van der Waals surface area contributed by atoms with E-state index in [4.69, 9.17) is 9.47 Å². The molecular weight excluding hydrogens is 629 g/mol. The van der Waals surface area contributed by atoms with Crippen LogP contribution in [-0.2, 0) is 27.2 Å². The molecule has 0 heterocycles. The predicted octanol–water partition coefficient (Wildman–Crippen LogP) is 3.91. The Bertz CT molecular complexity index is 1400.